The Morgan fingerprint density at radius 3 is 2.65 bits per heavy atom. The lowest BCUT2D eigenvalue weighted by molar-refractivity contribution is 0.474. The van der Waals surface area contributed by atoms with E-state index in [1.807, 2.05) is 0 Å². The molecule has 2 aromatic carbocycles. The van der Waals surface area contributed by atoms with Gasteiger partial charge in [0.15, 0.2) is 5.84 Å². The molecule has 0 unspecified atom stereocenters. The fraction of sp³-hybridized carbons (Fsp3) is 0.0667. The monoisotopic (exact) mass is 290 g/mol. The first-order valence-corrected chi connectivity index (χ1v) is 6.31. The van der Waals surface area contributed by atoms with Gasteiger partial charge in [0, 0.05) is 0 Å². The zero-order valence-corrected chi connectivity index (χ0v) is 11.5. The number of hydrogen-bond donors (Lipinski definition) is 1. The van der Waals surface area contributed by atoms with Gasteiger partial charge in [-0.1, -0.05) is 23.7 Å². The topological polar surface area (TPSA) is 45.0 Å². The molecule has 5 heteroatoms. The molecule has 0 radical (unpaired) electrons. The predicted molar refractivity (Wildman–Crippen MR) is 79.8 cm³/mol. The second-order valence-corrected chi connectivity index (χ2v) is 4.31. The van der Waals surface area contributed by atoms with Crippen LogP contribution in [0.1, 0.15) is 11.1 Å². The largest absolute Gasteiger partial charge is 0.507 e. The van der Waals surface area contributed by atoms with Gasteiger partial charge in [-0.2, -0.15) is 0 Å². The highest BCUT2D eigenvalue weighted by molar-refractivity contribution is 6.57. The zero-order chi connectivity index (χ0) is 14.5. The SMILES string of the molecule is Cc1cc(F)ccc1N=C(N=CCl)c1ccccc1O. The van der Waals surface area contributed by atoms with Crippen LogP contribution in [-0.2, 0) is 0 Å². The van der Waals surface area contributed by atoms with Crippen molar-refractivity contribution >= 4 is 28.8 Å². The Hall–Kier alpha value is -2.20. The molecule has 0 atom stereocenters. The minimum atomic E-state index is -0.327. The van der Waals surface area contributed by atoms with Crippen molar-refractivity contribution in [2.24, 2.45) is 9.98 Å². The van der Waals surface area contributed by atoms with Gasteiger partial charge in [-0.3, -0.25) is 0 Å². The highest BCUT2D eigenvalue weighted by Crippen LogP contribution is 2.23. The van der Waals surface area contributed by atoms with Gasteiger partial charge in [-0.05, 0) is 42.8 Å². The Morgan fingerprint density at radius 2 is 2.00 bits per heavy atom. The Morgan fingerprint density at radius 1 is 1.25 bits per heavy atom. The van der Waals surface area contributed by atoms with Crippen LogP contribution in [0, 0.1) is 12.7 Å². The van der Waals surface area contributed by atoms with Crippen molar-refractivity contribution < 1.29 is 9.50 Å². The number of benzene rings is 2. The van der Waals surface area contributed by atoms with Crippen LogP contribution in [0.3, 0.4) is 0 Å². The molecule has 0 aliphatic rings. The number of phenols is 1. The summed E-state index contributed by atoms with van der Waals surface area (Å²) in [5.41, 5.74) is 2.76. The summed E-state index contributed by atoms with van der Waals surface area (Å²) in [5, 5.41) is 9.84. The summed E-state index contributed by atoms with van der Waals surface area (Å²) in [7, 11) is 0. The number of hydrogen-bond acceptors (Lipinski definition) is 2. The number of aliphatic imine (C=N–C) groups is 2. The third-order valence-corrected chi connectivity index (χ3v) is 2.80. The number of aromatic hydroxyl groups is 1. The summed E-state index contributed by atoms with van der Waals surface area (Å²) in [4.78, 5) is 8.28. The standard InChI is InChI=1S/C15H12ClFN2O/c1-10-8-11(17)6-7-13(10)19-15(18-9-16)12-4-2-3-5-14(12)20/h2-9,20H,1H3. The lowest BCUT2D eigenvalue weighted by atomic mass is 10.1. The average molecular weight is 291 g/mol. The van der Waals surface area contributed by atoms with Crippen molar-refractivity contribution in [2.75, 3.05) is 0 Å². The third-order valence-electron chi connectivity index (χ3n) is 2.70. The number of nitrogens with zero attached hydrogens (tertiary/aromatic N) is 2. The number of rotatable bonds is 2. The van der Waals surface area contributed by atoms with E-state index in [1.54, 1.807) is 31.2 Å². The fourth-order valence-electron chi connectivity index (χ4n) is 1.73. The summed E-state index contributed by atoms with van der Waals surface area (Å²) in [6.07, 6.45) is 0. The molecule has 0 aliphatic carbocycles. The first kappa shape index (κ1) is 14.2. The van der Waals surface area contributed by atoms with E-state index >= 15 is 0 Å². The number of phenolic OH excluding ortho intramolecular Hbond substituents is 1. The minimum Gasteiger partial charge on any atom is -0.507 e. The molecule has 20 heavy (non-hydrogen) atoms. The maximum Gasteiger partial charge on any atom is 0.164 e. The van der Waals surface area contributed by atoms with Crippen LogP contribution < -0.4 is 0 Å². The molecule has 2 aromatic rings. The molecule has 0 fully saturated rings. The molecule has 0 saturated heterocycles. The van der Waals surface area contributed by atoms with E-state index in [0.29, 0.717) is 16.8 Å². The minimum absolute atomic E-state index is 0.0493. The molecule has 3 nitrogen and oxygen atoms in total. The fourth-order valence-corrected chi connectivity index (χ4v) is 1.82. The van der Waals surface area contributed by atoms with Crippen LogP contribution >= 0.6 is 11.6 Å². The van der Waals surface area contributed by atoms with Gasteiger partial charge < -0.3 is 5.11 Å². The quantitative estimate of drug-likeness (QED) is 0.654. The van der Waals surface area contributed by atoms with E-state index in [2.05, 4.69) is 9.98 Å². The molecule has 0 amide bonds. The molecule has 2 rings (SSSR count). The maximum atomic E-state index is 13.1. The smallest absolute Gasteiger partial charge is 0.164 e. The normalized spacial score (nSPS) is 12.1. The molecule has 0 heterocycles. The van der Waals surface area contributed by atoms with Crippen molar-refractivity contribution in [2.45, 2.75) is 6.92 Å². The molecular weight excluding hydrogens is 279 g/mol. The molecule has 1 N–H and O–H groups in total. The summed E-state index contributed by atoms with van der Waals surface area (Å²) in [6, 6.07) is 10.9. The Kier molecular flexibility index (Phi) is 4.48. The first-order chi connectivity index (χ1) is 9.61. The van der Waals surface area contributed by atoms with Crippen molar-refractivity contribution in [3.63, 3.8) is 0 Å². The van der Waals surface area contributed by atoms with Crippen molar-refractivity contribution in [3.05, 3.63) is 59.4 Å². The molecule has 0 aromatic heterocycles. The van der Waals surface area contributed by atoms with Gasteiger partial charge in [0.05, 0.1) is 16.9 Å². The Balaban J connectivity index is 2.53. The molecule has 0 spiro atoms. The van der Waals surface area contributed by atoms with E-state index in [4.69, 9.17) is 11.6 Å². The van der Waals surface area contributed by atoms with Crippen LogP contribution in [0.2, 0.25) is 0 Å². The van der Waals surface area contributed by atoms with Crippen molar-refractivity contribution in [1.82, 2.24) is 0 Å². The summed E-state index contributed by atoms with van der Waals surface area (Å²) < 4.78 is 13.1. The van der Waals surface area contributed by atoms with E-state index in [1.165, 1.54) is 18.2 Å². The van der Waals surface area contributed by atoms with Crippen LogP contribution in [0.25, 0.3) is 0 Å². The van der Waals surface area contributed by atoms with E-state index < -0.39 is 0 Å². The van der Waals surface area contributed by atoms with Crippen molar-refractivity contribution in [3.8, 4) is 5.75 Å². The third kappa shape index (κ3) is 3.22. The van der Waals surface area contributed by atoms with Crippen LogP contribution in [0.4, 0.5) is 10.1 Å². The van der Waals surface area contributed by atoms with Gasteiger partial charge in [-0.25, -0.2) is 14.4 Å². The van der Waals surface area contributed by atoms with E-state index in [-0.39, 0.29) is 17.4 Å². The highest BCUT2D eigenvalue weighted by atomic mass is 35.5. The number of amidine groups is 1. The second-order valence-electron chi connectivity index (χ2n) is 4.11. The first-order valence-electron chi connectivity index (χ1n) is 5.88. The molecule has 0 bridgehead atoms. The molecule has 0 aliphatic heterocycles. The van der Waals surface area contributed by atoms with Gasteiger partial charge in [-0.15, -0.1) is 0 Å². The second kappa shape index (κ2) is 6.30. The lowest BCUT2D eigenvalue weighted by Gasteiger charge is -2.05. The van der Waals surface area contributed by atoms with Crippen LogP contribution in [-0.4, -0.2) is 16.6 Å². The number of halogens is 2. The van der Waals surface area contributed by atoms with Gasteiger partial charge in [0.1, 0.15) is 11.6 Å². The summed E-state index contributed by atoms with van der Waals surface area (Å²) >= 11 is 5.52. The van der Waals surface area contributed by atoms with Gasteiger partial charge in [0.25, 0.3) is 0 Å². The van der Waals surface area contributed by atoms with Crippen LogP contribution in [0.15, 0.2) is 52.4 Å². The highest BCUT2D eigenvalue weighted by Gasteiger charge is 2.08. The summed E-state index contributed by atoms with van der Waals surface area (Å²) in [5.74, 6) is -0.0208. The van der Waals surface area contributed by atoms with Crippen molar-refractivity contribution in [1.29, 1.82) is 0 Å². The Bertz CT molecular complexity index is 683. The van der Waals surface area contributed by atoms with Gasteiger partial charge in [0.2, 0.25) is 0 Å². The maximum absolute atomic E-state index is 13.1. The number of aryl methyl sites for hydroxylation is 1. The molecule has 102 valence electrons. The molecular formula is C15H12ClFN2O. The lowest BCUT2D eigenvalue weighted by Crippen LogP contribution is -1.97. The zero-order valence-electron chi connectivity index (χ0n) is 10.7. The summed E-state index contributed by atoms with van der Waals surface area (Å²) in [6.45, 7) is 1.74. The van der Waals surface area contributed by atoms with Crippen LogP contribution in [0.5, 0.6) is 5.75 Å². The number of para-hydroxylation sites is 1. The Labute approximate surface area is 121 Å². The van der Waals surface area contributed by atoms with E-state index in [9.17, 15) is 9.50 Å². The van der Waals surface area contributed by atoms with E-state index in [0.717, 1.165) is 5.67 Å². The molecule has 0 saturated carbocycles. The van der Waals surface area contributed by atoms with Gasteiger partial charge >= 0.3 is 0 Å². The average Bonchev–Trinajstić information content (AvgIpc) is 2.42. The predicted octanol–water partition coefficient (Wildman–Crippen LogP) is 4.19.